The molecule has 0 fully saturated rings. The number of benzene rings is 1. The van der Waals surface area contributed by atoms with Crippen LogP contribution in [0, 0.1) is 0 Å². The Bertz CT molecular complexity index is 585. The first kappa shape index (κ1) is 13.7. The largest absolute Gasteiger partial charge is 0.477 e. The third kappa shape index (κ3) is 2.84. The van der Waals surface area contributed by atoms with Crippen molar-refractivity contribution in [3.05, 3.63) is 40.4 Å². The second-order valence-corrected chi connectivity index (χ2v) is 5.74. The average Bonchev–Trinajstić information content (AvgIpc) is 2.84. The molecule has 0 amide bonds. The van der Waals surface area contributed by atoms with Crippen molar-refractivity contribution < 1.29 is 9.90 Å². The molecule has 1 aromatic heterocycles. The summed E-state index contributed by atoms with van der Waals surface area (Å²) < 4.78 is 0. The van der Waals surface area contributed by atoms with E-state index >= 15 is 0 Å². The highest BCUT2D eigenvalue weighted by Gasteiger charge is 2.20. The summed E-state index contributed by atoms with van der Waals surface area (Å²) in [6.45, 7) is 6.04. The average molecular weight is 275 g/mol. The van der Waals surface area contributed by atoms with Crippen molar-refractivity contribution in [3.8, 4) is 10.6 Å². The van der Waals surface area contributed by atoms with E-state index in [4.69, 9.17) is 0 Å². The fraction of sp³-hybridized carbons (Fsp3) is 0.333. The number of thiazole rings is 1. The molecule has 0 bridgehead atoms. The van der Waals surface area contributed by atoms with Crippen LogP contribution in [-0.4, -0.2) is 16.1 Å². The smallest absolute Gasteiger partial charge is 0.347 e. The molecule has 0 aliphatic heterocycles. The minimum atomic E-state index is -0.891. The molecule has 2 rings (SSSR count). The fourth-order valence-corrected chi connectivity index (χ4v) is 2.95. The number of aryl methyl sites for hydroxylation is 1. The van der Waals surface area contributed by atoms with Crippen molar-refractivity contribution in [3.63, 3.8) is 0 Å². The Labute approximate surface area is 116 Å². The van der Waals surface area contributed by atoms with Crippen molar-refractivity contribution in [2.75, 3.05) is 0 Å². The Kier molecular flexibility index (Phi) is 4.00. The quantitative estimate of drug-likeness (QED) is 0.910. The molecule has 0 atom stereocenters. The number of rotatable bonds is 4. The Balaban J connectivity index is 2.44. The van der Waals surface area contributed by atoms with E-state index in [2.05, 4.69) is 24.0 Å². The number of carboxylic acids is 1. The maximum Gasteiger partial charge on any atom is 0.347 e. The molecule has 100 valence electrons. The highest BCUT2D eigenvalue weighted by atomic mass is 32.1. The van der Waals surface area contributed by atoms with Gasteiger partial charge < -0.3 is 5.11 Å². The minimum Gasteiger partial charge on any atom is -0.477 e. The van der Waals surface area contributed by atoms with Gasteiger partial charge in [0.15, 0.2) is 0 Å². The number of aromatic carboxylic acids is 1. The third-order valence-electron chi connectivity index (χ3n) is 3.00. The molecule has 1 aromatic carbocycles. The van der Waals surface area contributed by atoms with Crippen LogP contribution in [0.25, 0.3) is 10.6 Å². The van der Waals surface area contributed by atoms with Gasteiger partial charge in [0.05, 0.1) is 5.69 Å². The third-order valence-corrected chi connectivity index (χ3v) is 4.11. The molecule has 0 radical (unpaired) electrons. The maximum absolute atomic E-state index is 11.2. The lowest BCUT2D eigenvalue weighted by atomic mass is 10.1. The van der Waals surface area contributed by atoms with Crippen molar-refractivity contribution in [1.82, 2.24) is 4.98 Å². The molecule has 0 saturated carbocycles. The summed E-state index contributed by atoms with van der Waals surface area (Å²) in [4.78, 5) is 16.1. The molecular formula is C15H17NO2S. The summed E-state index contributed by atoms with van der Waals surface area (Å²) in [5.74, 6) is -0.774. The second kappa shape index (κ2) is 5.53. The lowest BCUT2D eigenvalue weighted by molar-refractivity contribution is 0.0700. The second-order valence-electron chi connectivity index (χ2n) is 4.74. The van der Waals surface area contributed by atoms with Crippen molar-refractivity contribution in [2.24, 2.45) is 0 Å². The molecular weight excluding hydrogens is 258 g/mol. The van der Waals surface area contributed by atoms with Gasteiger partial charge in [0.1, 0.15) is 9.88 Å². The van der Waals surface area contributed by atoms with Gasteiger partial charge in [0.2, 0.25) is 0 Å². The van der Waals surface area contributed by atoms with Gasteiger partial charge in [-0.1, -0.05) is 45.0 Å². The van der Waals surface area contributed by atoms with E-state index in [9.17, 15) is 9.90 Å². The molecule has 4 heteroatoms. The number of aromatic nitrogens is 1. The lowest BCUT2D eigenvalue weighted by Crippen LogP contribution is -2.00. The highest BCUT2D eigenvalue weighted by molar-refractivity contribution is 7.17. The Morgan fingerprint density at radius 1 is 1.32 bits per heavy atom. The first-order chi connectivity index (χ1) is 9.02. The number of hydrogen-bond acceptors (Lipinski definition) is 3. The molecule has 1 N–H and O–H groups in total. The van der Waals surface area contributed by atoms with Gasteiger partial charge in [-0.05, 0) is 17.9 Å². The van der Waals surface area contributed by atoms with Crippen molar-refractivity contribution in [1.29, 1.82) is 0 Å². The van der Waals surface area contributed by atoms with Crippen LogP contribution in [0.15, 0.2) is 24.3 Å². The standard InChI is InChI=1S/C15H17NO2S/c1-4-10-5-7-11(8-6-10)14-16-12(9(2)3)13(19-14)15(17)18/h5-9H,4H2,1-3H3,(H,17,18). The van der Waals surface area contributed by atoms with Gasteiger partial charge in [-0.3, -0.25) is 0 Å². The predicted molar refractivity (Wildman–Crippen MR) is 78.0 cm³/mol. The van der Waals surface area contributed by atoms with E-state index in [-0.39, 0.29) is 5.92 Å². The van der Waals surface area contributed by atoms with Crippen molar-refractivity contribution >= 4 is 17.3 Å². The van der Waals surface area contributed by atoms with Crippen LogP contribution < -0.4 is 0 Å². The molecule has 0 aliphatic rings. The first-order valence-electron chi connectivity index (χ1n) is 6.36. The van der Waals surface area contributed by atoms with Crippen molar-refractivity contribution in [2.45, 2.75) is 33.1 Å². The number of carboxylic acid groups (broad SMARTS) is 1. The Morgan fingerprint density at radius 2 is 1.95 bits per heavy atom. The predicted octanol–water partition coefficient (Wildman–Crippen LogP) is 4.19. The zero-order valence-electron chi connectivity index (χ0n) is 11.3. The van der Waals surface area contributed by atoms with Gasteiger partial charge >= 0.3 is 5.97 Å². The summed E-state index contributed by atoms with van der Waals surface area (Å²) in [5, 5.41) is 10.0. The van der Waals surface area contributed by atoms with Gasteiger partial charge in [-0.15, -0.1) is 11.3 Å². The van der Waals surface area contributed by atoms with Crippen LogP contribution in [0.4, 0.5) is 0 Å². The van der Waals surface area contributed by atoms with Crippen LogP contribution in [0.2, 0.25) is 0 Å². The fourth-order valence-electron chi connectivity index (χ4n) is 1.88. The SMILES string of the molecule is CCc1ccc(-c2nc(C(C)C)c(C(=O)O)s2)cc1. The summed E-state index contributed by atoms with van der Waals surface area (Å²) >= 11 is 1.25. The molecule has 1 heterocycles. The molecule has 2 aromatic rings. The van der Waals surface area contributed by atoms with E-state index in [0.29, 0.717) is 10.6 Å². The summed E-state index contributed by atoms with van der Waals surface area (Å²) in [6, 6.07) is 8.14. The van der Waals surface area contributed by atoms with E-state index in [1.165, 1.54) is 16.9 Å². The molecule has 0 saturated heterocycles. The van der Waals surface area contributed by atoms with Crippen LogP contribution >= 0.6 is 11.3 Å². The number of nitrogens with zero attached hydrogens (tertiary/aromatic N) is 1. The molecule has 19 heavy (non-hydrogen) atoms. The Hall–Kier alpha value is -1.68. The van der Waals surface area contributed by atoms with Crippen LogP contribution in [-0.2, 0) is 6.42 Å². The van der Waals surface area contributed by atoms with Gasteiger partial charge in [-0.2, -0.15) is 0 Å². The summed E-state index contributed by atoms with van der Waals surface area (Å²) in [5.41, 5.74) is 2.92. The summed E-state index contributed by atoms with van der Waals surface area (Å²) in [7, 11) is 0. The first-order valence-corrected chi connectivity index (χ1v) is 7.18. The zero-order chi connectivity index (χ0) is 14.0. The monoisotopic (exact) mass is 275 g/mol. The molecule has 0 aliphatic carbocycles. The molecule has 0 spiro atoms. The maximum atomic E-state index is 11.2. The molecule has 0 unspecified atom stereocenters. The van der Waals surface area contributed by atoms with E-state index in [0.717, 1.165) is 17.0 Å². The van der Waals surface area contributed by atoms with E-state index in [1.807, 2.05) is 26.0 Å². The van der Waals surface area contributed by atoms with Crippen LogP contribution in [0.3, 0.4) is 0 Å². The van der Waals surface area contributed by atoms with Gasteiger partial charge in [0.25, 0.3) is 0 Å². The topological polar surface area (TPSA) is 50.2 Å². The van der Waals surface area contributed by atoms with E-state index in [1.54, 1.807) is 0 Å². The Morgan fingerprint density at radius 3 is 2.37 bits per heavy atom. The van der Waals surface area contributed by atoms with Gasteiger partial charge in [0, 0.05) is 5.56 Å². The minimum absolute atomic E-state index is 0.117. The number of hydrogen-bond donors (Lipinski definition) is 1. The number of carbonyl (C=O) groups is 1. The van der Waals surface area contributed by atoms with Gasteiger partial charge in [-0.25, -0.2) is 9.78 Å². The summed E-state index contributed by atoms with van der Waals surface area (Å²) in [6.07, 6.45) is 0.996. The van der Waals surface area contributed by atoms with Crippen LogP contribution in [0.1, 0.15) is 47.6 Å². The normalized spacial score (nSPS) is 10.9. The zero-order valence-corrected chi connectivity index (χ0v) is 12.1. The highest BCUT2D eigenvalue weighted by Crippen LogP contribution is 2.31. The lowest BCUT2D eigenvalue weighted by Gasteiger charge is -2.01. The van der Waals surface area contributed by atoms with Crippen LogP contribution in [0.5, 0.6) is 0 Å². The van der Waals surface area contributed by atoms with E-state index < -0.39 is 5.97 Å². The molecule has 3 nitrogen and oxygen atoms in total.